The Hall–Kier alpha value is -1.71. The van der Waals surface area contributed by atoms with Crippen LogP contribution < -0.4 is 5.73 Å². The van der Waals surface area contributed by atoms with Crippen molar-refractivity contribution in [1.29, 1.82) is 0 Å². The Kier molecular flexibility index (Phi) is 3.09. The molecular formula is C15H16N2O. The summed E-state index contributed by atoms with van der Waals surface area (Å²) in [4.78, 5) is 4.19. The monoisotopic (exact) mass is 240 g/mol. The Morgan fingerprint density at radius 1 is 1.28 bits per heavy atom. The zero-order valence-electron chi connectivity index (χ0n) is 10.2. The smallest absolute Gasteiger partial charge is 0.0950 e. The number of ether oxygens (including phenoxy) is 1. The van der Waals surface area contributed by atoms with Crippen molar-refractivity contribution >= 4 is 0 Å². The molecule has 3 nitrogen and oxygen atoms in total. The van der Waals surface area contributed by atoms with E-state index >= 15 is 0 Å². The first-order valence-corrected chi connectivity index (χ1v) is 6.24. The lowest BCUT2D eigenvalue weighted by atomic mass is 9.90. The largest absolute Gasteiger partial charge is 0.372 e. The van der Waals surface area contributed by atoms with E-state index in [0.717, 1.165) is 18.6 Å². The first-order valence-electron chi connectivity index (χ1n) is 6.24. The van der Waals surface area contributed by atoms with E-state index in [-0.39, 0.29) is 6.10 Å². The van der Waals surface area contributed by atoms with Crippen LogP contribution in [-0.2, 0) is 11.2 Å². The van der Waals surface area contributed by atoms with E-state index < -0.39 is 0 Å². The van der Waals surface area contributed by atoms with Crippen LogP contribution in [0.5, 0.6) is 0 Å². The minimum absolute atomic E-state index is 0.0328. The SMILES string of the molecule is NC[C@H]1OCCc2c(-c3cccnc3)cccc21. The van der Waals surface area contributed by atoms with Gasteiger partial charge in [-0.15, -0.1) is 0 Å². The van der Waals surface area contributed by atoms with E-state index in [2.05, 4.69) is 29.2 Å². The molecule has 0 amide bonds. The van der Waals surface area contributed by atoms with Gasteiger partial charge in [-0.2, -0.15) is 0 Å². The summed E-state index contributed by atoms with van der Waals surface area (Å²) in [6, 6.07) is 10.4. The maximum Gasteiger partial charge on any atom is 0.0950 e. The fourth-order valence-corrected chi connectivity index (χ4v) is 2.57. The number of fused-ring (bicyclic) bond motifs is 1. The summed E-state index contributed by atoms with van der Waals surface area (Å²) in [6.45, 7) is 1.27. The molecule has 0 radical (unpaired) electrons. The maximum absolute atomic E-state index is 5.77. The number of hydrogen-bond acceptors (Lipinski definition) is 3. The topological polar surface area (TPSA) is 48.1 Å². The van der Waals surface area contributed by atoms with Crippen molar-refractivity contribution in [2.24, 2.45) is 5.73 Å². The predicted octanol–water partition coefficient (Wildman–Crippen LogP) is 2.32. The van der Waals surface area contributed by atoms with Gasteiger partial charge in [0.25, 0.3) is 0 Å². The van der Waals surface area contributed by atoms with Gasteiger partial charge in [0.1, 0.15) is 0 Å². The van der Waals surface area contributed by atoms with Crippen LogP contribution >= 0.6 is 0 Å². The van der Waals surface area contributed by atoms with Crippen LogP contribution in [0.1, 0.15) is 17.2 Å². The number of aromatic nitrogens is 1. The molecule has 0 bridgehead atoms. The molecule has 1 aliphatic rings. The normalized spacial score (nSPS) is 18.4. The molecule has 1 aromatic carbocycles. The number of nitrogens with two attached hydrogens (primary N) is 1. The summed E-state index contributed by atoms with van der Waals surface area (Å²) >= 11 is 0. The van der Waals surface area contributed by atoms with Crippen LogP contribution in [0, 0.1) is 0 Å². The summed E-state index contributed by atoms with van der Waals surface area (Å²) in [6.07, 6.45) is 4.68. The average molecular weight is 240 g/mol. The van der Waals surface area contributed by atoms with Crippen LogP contribution in [0.25, 0.3) is 11.1 Å². The van der Waals surface area contributed by atoms with E-state index in [1.807, 2.05) is 12.3 Å². The molecule has 3 rings (SSSR count). The number of pyridine rings is 1. The van der Waals surface area contributed by atoms with Crippen LogP contribution in [0.15, 0.2) is 42.7 Å². The number of benzene rings is 1. The van der Waals surface area contributed by atoms with Crippen LogP contribution in [0.4, 0.5) is 0 Å². The number of hydrogen-bond donors (Lipinski definition) is 1. The van der Waals surface area contributed by atoms with Gasteiger partial charge in [0.2, 0.25) is 0 Å². The minimum Gasteiger partial charge on any atom is -0.372 e. The Bertz CT molecular complexity index is 539. The zero-order valence-corrected chi connectivity index (χ0v) is 10.2. The number of rotatable bonds is 2. The van der Waals surface area contributed by atoms with E-state index in [0.29, 0.717) is 6.54 Å². The molecule has 2 N–H and O–H groups in total. The molecule has 0 fully saturated rings. The second-order valence-corrected chi connectivity index (χ2v) is 4.46. The molecule has 0 spiro atoms. The standard InChI is InChI=1S/C15H16N2O/c16-9-15-14-5-1-4-12(13(14)6-8-18-15)11-3-2-7-17-10-11/h1-5,7,10,15H,6,8-9,16H2/t15-/m1/s1. The fraction of sp³-hybridized carbons (Fsp3) is 0.267. The second kappa shape index (κ2) is 4.88. The van der Waals surface area contributed by atoms with E-state index in [4.69, 9.17) is 10.5 Å². The van der Waals surface area contributed by atoms with Crippen molar-refractivity contribution in [1.82, 2.24) is 4.98 Å². The van der Waals surface area contributed by atoms with Gasteiger partial charge < -0.3 is 10.5 Å². The fourth-order valence-electron chi connectivity index (χ4n) is 2.57. The molecule has 2 heterocycles. The quantitative estimate of drug-likeness (QED) is 0.876. The van der Waals surface area contributed by atoms with E-state index in [9.17, 15) is 0 Å². The average Bonchev–Trinajstić information content (AvgIpc) is 2.47. The molecule has 92 valence electrons. The molecule has 2 aromatic rings. The molecule has 0 saturated carbocycles. The molecule has 3 heteroatoms. The van der Waals surface area contributed by atoms with E-state index in [1.54, 1.807) is 6.20 Å². The summed E-state index contributed by atoms with van der Waals surface area (Å²) in [5, 5.41) is 0. The molecule has 1 atom stereocenters. The third-order valence-electron chi connectivity index (χ3n) is 3.42. The van der Waals surface area contributed by atoms with Crippen molar-refractivity contribution in [2.75, 3.05) is 13.2 Å². The van der Waals surface area contributed by atoms with Crippen molar-refractivity contribution < 1.29 is 4.74 Å². The van der Waals surface area contributed by atoms with Crippen molar-refractivity contribution in [3.8, 4) is 11.1 Å². The van der Waals surface area contributed by atoms with Gasteiger partial charge in [-0.1, -0.05) is 24.3 Å². The first-order chi connectivity index (χ1) is 8.90. The summed E-state index contributed by atoms with van der Waals surface area (Å²) in [5.41, 5.74) is 10.8. The third kappa shape index (κ3) is 1.92. The molecule has 1 aliphatic heterocycles. The van der Waals surface area contributed by atoms with Gasteiger partial charge in [-0.3, -0.25) is 4.98 Å². The lowest BCUT2D eigenvalue weighted by Crippen LogP contribution is -2.23. The molecule has 0 aliphatic carbocycles. The summed E-state index contributed by atoms with van der Waals surface area (Å²) < 4.78 is 5.70. The third-order valence-corrected chi connectivity index (χ3v) is 3.42. The van der Waals surface area contributed by atoms with Crippen LogP contribution in [0.3, 0.4) is 0 Å². The highest BCUT2D eigenvalue weighted by atomic mass is 16.5. The van der Waals surface area contributed by atoms with Crippen molar-refractivity contribution in [3.63, 3.8) is 0 Å². The van der Waals surface area contributed by atoms with Gasteiger partial charge in [0.05, 0.1) is 12.7 Å². The first kappa shape index (κ1) is 11.4. The van der Waals surface area contributed by atoms with Gasteiger partial charge in [0.15, 0.2) is 0 Å². The molecule has 1 aromatic heterocycles. The maximum atomic E-state index is 5.77. The van der Waals surface area contributed by atoms with Crippen molar-refractivity contribution in [3.05, 3.63) is 53.9 Å². The van der Waals surface area contributed by atoms with Crippen LogP contribution in [0.2, 0.25) is 0 Å². The highest BCUT2D eigenvalue weighted by molar-refractivity contribution is 5.68. The molecule has 18 heavy (non-hydrogen) atoms. The molecular weight excluding hydrogens is 224 g/mol. The van der Waals surface area contributed by atoms with Gasteiger partial charge in [-0.05, 0) is 29.2 Å². The van der Waals surface area contributed by atoms with Gasteiger partial charge in [0, 0.05) is 24.5 Å². The summed E-state index contributed by atoms with van der Waals surface area (Å²) in [7, 11) is 0. The Balaban J connectivity index is 2.12. The lowest BCUT2D eigenvalue weighted by Gasteiger charge is -2.27. The summed E-state index contributed by atoms with van der Waals surface area (Å²) in [5.74, 6) is 0. The second-order valence-electron chi connectivity index (χ2n) is 4.46. The minimum atomic E-state index is 0.0328. The lowest BCUT2D eigenvalue weighted by molar-refractivity contribution is 0.0486. The Labute approximate surface area is 107 Å². The molecule has 0 saturated heterocycles. The Morgan fingerprint density at radius 2 is 2.22 bits per heavy atom. The van der Waals surface area contributed by atoms with Gasteiger partial charge in [-0.25, -0.2) is 0 Å². The van der Waals surface area contributed by atoms with Crippen molar-refractivity contribution in [2.45, 2.75) is 12.5 Å². The zero-order chi connectivity index (χ0) is 12.4. The highest BCUT2D eigenvalue weighted by Crippen LogP contribution is 2.33. The predicted molar refractivity (Wildman–Crippen MR) is 71.1 cm³/mol. The van der Waals surface area contributed by atoms with Gasteiger partial charge >= 0.3 is 0 Å². The highest BCUT2D eigenvalue weighted by Gasteiger charge is 2.21. The van der Waals surface area contributed by atoms with Crippen LogP contribution in [-0.4, -0.2) is 18.1 Å². The van der Waals surface area contributed by atoms with E-state index in [1.165, 1.54) is 16.7 Å². The molecule has 0 unspecified atom stereocenters. The number of nitrogens with zero attached hydrogens (tertiary/aromatic N) is 1. The Morgan fingerprint density at radius 3 is 3.00 bits per heavy atom.